The average Bonchev–Trinajstić information content (AvgIpc) is 3.11. The highest BCUT2D eigenvalue weighted by Gasteiger charge is 2.27. The molecule has 1 saturated heterocycles. The number of hydrogen-bond donors (Lipinski definition) is 1. The predicted molar refractivity (Wildman–Crippen MR) is 112 cm³/mol. The summed E-state index contributed by atoms with van der Waals surface area (Å²) in [5.74, 6) is -0.193. The first kappa shape index (κ1) is 19.1. The van der Waals surface area contributed by atoms with Gasteiger partial charge in [0.1, 0.15) is 0 Å². The van der Waals surface area contributed by atoms with Gasteiger partial charge in [-0.2, -0.15) is 0 Å². The maximum absolute atomic E-state index is 13.1. The molecule has 2 amide bonds. The van der Waals surface area contributed by atoms with Crippen LogP contribution < -0.4 is 5.32 Å². The van der Waals surface area contributed by atoms with Crippen molar-refractivity contribution in [2.75, 3.05) is 38.5 Å². The molecule has 1 N–H and O–H groups in total. The lowest BCUT2D eigenvalue weighted by molar-refractivity contribution is 0.0651. The Morgan fingerprint density at radius 3 is 2.52 bits per heavy atom. The lowest BCUT2D eigenvalue weighted by atomic mass is 10.1. The number of benzene rings is 1. The van der Waals surface area contributed by atoms with Crippen LogP contribution in [0.2, 0.25) is 0 Å². The fourth-order valence-electron chi connectivity index (χ4n) is 3.57. The van der Waals surface area contributed by atoms with Crippen molar-refractivity contribution in [2.24, 2.45) is 0 Å². The number of aryl methyl sites for hydroxylation is 1. The van der Waals surface area contributed by atoms with Crippen LogP contribution in [0.5, 0.6) is 0 Å². The van der Waals surface area contributed by atoms with E-state index in [-0.39, 0.29) is 23.3 Å². The van der Waals surface area contributed by atoms with E-state index in [0.29, 0.717) is 18.6 Å². The van der Waals surface area contributed by atoms with Gasteiger partial charge in [-0.25, -0.2) is 4.98 Å². The molecule has 1 aliphatic heterocycles. The second-order valence-electron chi connectivity index (χ2n) is 7.54. The van der Waals surface area contributed by atoms with E-state index in [9.17, 15) is 9.59 Å². The summed E-state index contributed by atoms with van der Waals surface area (Å²) in [5, 5.41) is 2.95. The number of nitrogens with one attached hydrogen (secondary N) is 1. The molecule has 7 heteroatoms. The summed E-state index contributed by atoms with van der Waals surface area (Å²) in [7, 11) is 2.04. The second-order valence-corrected chi connectivity index (χ2v) is 7.54. The quantitative estimate of drug-likeness (QED) is 0.745. The Hall–Kier alpha value is -3.19. The summed E-state index contributed by atoms with van der Waals surface area (Å²) in [6.07, 6.45) is 1.78. The highest BCUT2D eigenvalue weighted by molar-refractivity contribution is 6.09. The van der Waals surface area contributed by atoms with Crippen LogP contribution >= 0.6 is 0 Å². The van der Waals surface area contributed by atoms with Crippen LogP contribution in [0, 0.1) is 13.8 Å². The number of aromatic nitrogens is 2. The van der Waals surface area contributed by atoms with Crippen LogP contribution in [0.15, 0.2) is 42.6 Å². The van der Waals surface area contributed by atoms with E-state index in [1.807, 2.05) is 57.3 Å². The minimum atomic E-state index is -0.320. The van der Waals surface area contributed by atoms with Gasteiger partial charge in [-0.1, -0.05) is 18.2 Å². The molecule has 4 rings (SSSR count). The third-order valence-corrected chi connectivity index (χ3v) is 5.60. The van der Waals surface area contributed by atoms with Crippen LogP contribution in [0.4, 0.5) is 5.69 Å². The van der Waals surface area contributed by atoms with Crippen LogP contribution in [0.1, 0.15) is 32.2 Å². The average molecular weight is 391 g/mol. The van der Waals surface area contributed by atoms with Crippen LogP contribution in [-0.4, -0.2) is 64.2 Å². The number of hydrogen-bond acceptors (Lipinski definition) is 4. The first-order chi connectivity index (χ1) is 14.0. The van der Waals surface area contributed by atoms with Crippen molar-refractivity contribution in [3.05, 3.63) is 65.2 Å². The molecule has 0 unspecified atom stereocenters. The number of nitrogens with zero attached hydrogens (tertiary/aromatic N) is 4. The van der Waals surface area contributed by atoms with Gasteiger partial charge in [-0.05, 0) is 50.2 Å². The molecule has 0 aliphatic carbocycles. The molecule has 150 valence electrons. The molecule has 2 aromatic heterocycles. The number of fused-ring (bicyclic) bond motifs is 1. The zero-order valence-corrected chi connectivity index (χ0v) is 17.0. The van der Waals surface area contributed by atoms with Crippen molar-refractivity contribution >= 4 is 23.0 Å². The Labute approximate surface area is 169 Å². The SMILES string of the molecule is Cc1cccc(NC(=O)c2nc(C(=O)N3CCN(C)CC3)n3ccccc23)c1C. The first-order valence-electron chi connectivity index (χ1n) is 9.78. The summed E-state index contributed by atoms with van der Waals surface area (Å²) < 4.78 is 1.71. The van der Waals surface area contributed by atoms with E-state index in [2.05, 4.69) is 15.2 Å². The molecule has 29 heavy (non-hydrogen) atoms. The largest absolute Gasteiger partial charge is 0.333 e. The number of rotatable bonds is 3. The van der Waals surface area contributed by atoms with E-state index in [1.165, 1.54) is 0 Å². The van der Waals surface area contributed by atoms with Crippen molar-refractivity contribution in [2.45, 2.75) is 13.8 Å². The van der Waals surface area contributed by atoms with Crippen molar-refractivity contribution in [3.63, 3.8) is 0 Å². The zero-order chi connectivity index (χ0) is 20.5. The topological polar surface area (TPSA) is 70.0 Å². The Kier molecular flexibility index (Phi) is 5.07. The molecule has 1 fully saturated rings. The molecule has 0 spiro atoms. The number of carbonyl (C=O) groups is 2. The van der Waals surface area contributed by atoms with Crippen molar-refractivity contribution in [3.8, 4) is 0 Å². The molecule has 1 aliphatic rings. The number of imidazole rings is 1. The fourth-order valence-corrected chi connectivity index (χ4v) is 3.57. The normalized spacial score (nSPS) is 14.9. The summed E-state index contributed by atoms with van der Waals surface area (Å²) >= 11 is 0. The van der Waals surface area contributed by atoms with Crippen LogP contribution in [-0.2, 0) is 0 Å². The minimum Gasteiger partial charge on any atom is -0.333 e. The van der Waals surface area contributed by atoms with Crippen LogP contribution in [0.3, 0.4) is 0 Å². The molecule has 0 radical (unpaired) electrons. The molecule has 0 atom stereocenters. The van der Waals surface area contributed by atoms with E-state index in [4.69, 9.17) is 0 Å². The zero-order valence-electron chi connectivity index (χ0n) is 17.0. The van der Waals surface area contributed by atoms with Gasteiger partial charge in [-0.3, -0.25) is 14.0 Å². The maximum Gasteiger partial charge on any atom is 0.290 e. The van der Waals surface area contributed by atoms with E-state index >= 15 is 0 Å². The lowest BCUT2D eigenvalue weighted by Crippen LogP contribution is -2.47. The Morgan fingerprint density at radius 2 is 1.76 bits per heavy atom. The van der Waals surface area contributed by atoms with Gasteiger partial charge in [0.25, 0.3) is 11.8 Å². The number of likely N-dealkylation sites (N-methyl/N-ethyl adjacent to an activating group) is 1. The number of carbonyl (C=O) groups excluding carboxylic acids is 2. The lowest BCUT2D eigenvalue weighted by Gasteiger charge is -2.31. The van der Waals surface area contributed by atoms with Gasteiger partial charge >= 0.3 is 0 Å². The molecule has 3 heterocycles. The van der Waals surface area contributed by atoms with Crippen molar-refractivity contribution in [1.82, 2.24) is 19.2 Å². The maximum atomic E-state index is 13.1. The minimum absolute atomic E-state index is 0.148. The summed E-state index contributed by atoms with van der Waals surface area (Å²) in [4.78, 5) is 34.6. The molecule has 0 saturated carbocycles. The standard InChI is InChI=1S/C22H25N5O2/c1-15-7-6-8-17(16(15)2)23-21(28)19-18-9-4-5-10-27(18)20(24-19)22(29)26-13-11-25(3)12-14-26/h4-10H,11-14H2,1-3H3,(H,23,28). The number of amides is 2. The second kappa shape index (κ2) is 7.67. The summed E-state index contributed by atoms with van der Waals surface area (Å²) in [5.41, 5.74) is 3.73. The number of pyridine rings is 1. The van der Waals surface area contributed by atoms with Gasteiger partial charge in [0.05, 0.1) is 5.52 Å². The highest BCUT2D eigenvalue weighted by Crippen LogP contribution is 2.21. The van der Waals surface area contributed by atoms with Gasteiger partial charge in [-0.15, -0.1) is 0 Å². The highest BCUT2D eigenvalue weighted by atomic mass is 16.2. The predicted octanol–water partition coefficient (Wildman–Crippen LogP) is 2.59. The van der Waals surface area contributed by atoms with Crippen LogP contribution in [0.25, 0.3) is 5.52 Å². The molecule has 7 nitrogen and oxygen atoms in total. The van der Waals surface area contributed by atoms with Gasteiger partial charge in [0, 0.05) is 38.1 Å². The van der Waals surface area contributed by atoms with E-state index in [0.717, 1.165) is 29.9 Å². The number of piperazine rings is 1. The monoisotopic (exact) mass is 391 g/mol. The Balaban J connectivity index is 1.68. The molecule has 1 aromatic carbocycles. The van der Waals surface area contributed by atoms with E-state index < -0.39 is 0 Å². The van der Waals surface area contributed by atoms with Crippen molar-refractivity contribution in [1.29, 1.82) is 0 Å². The molecule has 3 aromatic rings. The smallest absolute Gasteiger partial charge is 0.290 e. The molecular formula is C22H25N5O2. The van der Waals surface area contributed by atoms with Gasteiger partial charge < -0.3 is 15.1 Å². The van der Waals surface area contributed by atoms with Gasteiger partial charge in [0.15, 0.2) is 5.69 Å². The molecule has 0 bridgehead atoms. The first-order valence-corrected chi connectivity index (χ1v) is 9.78. The van der Waals surface area contributed by atoms with Gasteiger partial charge in [0.2, 0.25) is 5.82 Å². The summed E-state index contributed by atoms with van der Waals surface area (Å²) in [6.45, 7) is 6.94. The third-order valence-electron chi connectivity index (χ3n) is 5.60. The third kappa shape index (κ3) is 3.61. The Bertz CT molecular complexity index is 1080. The van der Waals surface area contributed by atoms with Crippen molar-refractivity contribution < 1.29 is 9.59 Å². The Morgan fingerprint density at radius 1 is 1.00 bits per heavy atom. The number of anilines is 1. The fraction of sp³-hybridized carbons (Fsp3) is 0.318. The van der Waals surface area contributed by atoms with E-state index in [1.54, 1.807) is 15.5 Å². The molecular weight excluding hydrogens is 366 g/mol. The summed E-state index contributed by atoms with van der Waals surface area (Å²) in [6, 6.07) is 11.3.